The van der Waals surface area contributed by atoms with Crippen LogP contribution in [0.2, 0.25) is 0 Å². The lowest BCUT2D eigenvalue weighted by molar-refractivity contribution is 0.555. The van der Waals surface area contributed by atoms with Gasteiger partial charge in [0.15, 0.2) is 5.17 Å². The monoisotopic (exact) mass is 267 g/mol. The molecule has 100 valence electrons. The molecule has 1 aliphatic rings. The van der Waals surface area contributed by atoms with Gasteiger partial charge in [-0.1, -0.05) is 30.8 Å². The second-order valence-electron chi connectivity index (χ2n) is 4.96. The van der Waals surface area contributed by atoms with E-state index in [1.54, 1.807) is 6.20 Å². The van der Waals surface area contributed by atoms with Gasteiger partial charge in [-0.2, -0.15) is 0 Å². The van der Waals surface area contributed by atoms with Gasteiger partial charge >= 0.3 is 0 Å². The Hall–Kier alpha value is -1.04. The molecule has 6 heteroatoms. The molecule has 2 rings (SSSR count). The van der Waals surface area contributed by atoms with Crippen molar-refractivity contribution in [3.63, 3.8) is 0 Å². The first-order valence-electron chi connectivity index (χ1n) is 6.53. The number of nitrogens with zero attached hydrogens (tertiary/aromatic N) is 4. The first-order valence-corrected chi connectivity index (χ1v) is 7.41. The van der Waals surface area contributed by atoms with Gasteiger partial charge in [-0.15, -0.1) is 5.10 Å². The summed E-state index contributed by atoms with van der Waals surface area (Å²) in [5, 5.41) is 12.9. The lowest BCUT2D eigenvalue weighted by Crippen LogP contribution is -2.22. The largest absolute Gasteiger partial charge is 0.365 e. The van der Waals surface area contributed by atoms with Crippen molar-refractivity contribution in [2.75, 3.05) is 13.1 Å². The minimum absolute atomic E-state index is 0.669. The Morgan fingerprint density at radius 2 is 2.44 bits per heavy atom. The Labute approximate surface area is 112 Å². The third-order valence-corrected chi connectivity index (χ3v) is 3.93. The molecule has 5 nitrogen and oxygen atoms in total. The van der Waals surface area contributed by atoms with Crippen LogP contribution >= 0.6 is 11.8 Å². The minimum Gasteiger partial charge on any atom is -0.365 e. The Morgan fingerprint density at radius 1 is 1.56 bits per heavy atom. The molecule has 0 bridgehead atoms. The molecule has 1 unspecified atom stereocenters. The Balaban J connectivity index is 1.58. The first kappa shape index (κ1) is 13.4. The summed E-state index contributed by atoms with van der Waals surface area (Å²) in [5.74, 6) is 0.754. The summed E-state index contributed by atoms with van der Waals surface area (Å²) >= 11 is 1.89. The molecule has 0 saturated carbocycles. The normalized spacial score (nSPS) is 19.3. The summed E-state index contributed by atoms with van der Waals surface area (Å²) in [6.45, 7) is 7.35. The standard InChI is InChI=1S/C12H21N5S/c1-10(2)8-11-9-14-12(18-11)13-4-3-6-17-7-5-15-16-17/h5,7,10-11H,3-4,6,8-9H2,1-2H3,(H,13,14). The molecule has 0 fully saturated rings. The molecule has 0 aliphatic carbocycles. The van der Waals surface area contributed by atoms with E-state index in [1.807, 2.05) is 22.6 Å². The zero-order valence-corrected chi connectivity index (χ0v) is 11.9. The Morgan fingerprint density at radius 3 is 3.17 bits per heavy atom. The van der Waals surface area contributed by atoms with Crippen molar-refractivity contribution in [2.45, 2.75) is 38.5 Å². The van der Waals surface area contributed by atoms with Crippen LogP contribution in [0.4, 0.5) is 0 Å². The Kier molecular flexibility index (Phi) is 5.04. The number of amidine groups is 1. The zero-order chi connectivity index (χ0) is 12.8. The average Bonchev–Trinajstić information content (AvgIpc) is 2.95. The van der Waals surface area contributed by atoms with Crippen molar-refractivity contribution in [3.8, 4) is 0 Å². The van der Waals surface area contributed by atoms with Crippen LogP contribution in [0.5, 0.6) is 0 Å². The average molecular weight is 267 g/mol. The number of hydrogen-bond acceptors (Lipinski definition) is 5. The molecule has 0 saturated heterocycles. The van der Waals surface area contributed by atoms with Crippen LogP contribution in [0.1, 0.15) is 26.7 Å². The zero-order valence-electron chi connectivity index (χ0n) is 11.0. The fraction of sp³-hybridized carbons (Fsp3) is 0.750. The van der Waals surface area contributed by atoms with E-state index in [2.05, 4.69) is 34.5 Å². The molecule has 0 aromatic carbocycles. The summed E-state index contributed by atoms with van der Waals surface area (Å²) in [7, 11) is 0. The van der Waals surface area contributed by atoms with E-state index >= 15 is 0 Å². The van der Waals surface area contributed by atoms with Crippen LogP contribution in [0.15, 0.2) is 17.4 Å². The molecule has 2 heterocycles. The van der Waals surface area contributed by atoms with Gasteiger partial charge in [0.2, 0.25) is 0 Å². The smallest absolute Gasteiger partial charge is 0.156 e. The number of nitrogens with one attached hydrogen (secondary N) is 1. The van der Waals surface area contributed by atoms with Crippen molar-refractivity contribution in [3.05, 3.63) is 12.4 Å². The van der Waals surface area contributed by atoms with E-state index in [0.29, 0.717) is 5.25 Å². The lowest BCUT2D eigenvalue weighted by Gasteiger charge is -2.11. The Bertz CT molecular complexity index is 374. The van der Waals surface area contributed by atoms with Crippen LogP contribution in [0, 0.1) is 5.92 Å². The van der Waals surface area contributed by atoms with Crippen molar-refractivity contribution in [1.82, 2.24) is 20.3 Å². The molecule has 0 spiro atoms. The van der Waals surface area contributed by atoms with E-state index < -0.39 is 0 Å². The van der Waals surface area contributed by atoms with Crippen molar-refractivity contribution in [1.29, 1.82) is 0 Å². The predicted molar refractivity (Wildman–Crippen MR) is 75.8 cm³/mol. The van der Waals surface area contributed by atoms with Gasteiger partial charge in [0.25, 0.3) is 0 Å². The highest BCUT2D eigenvalue weighted by molar-refractivity contribution is 8.14. The van der Waals surface area contributed by atoms with Crippen molar-refractivity contribution in [2.24, 2.45) is 10.9 Å². The third-order valence-electron chi connectivity index (χ3n) is 2.76. The highest BCUT2D eigenvalue weighted by Crippen LogP contribution is 2.25. The summed E-state index contributed by atoms with van der Waals surface area (Å²) in [5.41, 5.74) is 0. The number of rotatable bonds is 6. The number of aliphatic imine (C=N–C) groups is 1. The van der Waals surface area contributed by atoms with Crippen LogP contribution in [-0.4, -0.2) is 38.5 Å². The molecule has 1 atom stereocenters. The second kappa shape index (κ2) is 6.78. The maximum atomic E-state index is 4.54. The van der Waals surface area contributed by atoms with Crippen molar-refractivity contribution < 1.29 is 0 Å². The highest BCUT2D eigenvalue weighted by atomic mass is 32.2. The summed E-state index contributed by atoms with van der Waals surface area (Å²) in [6, 6.07) is 0. The van der Waals surface area contributed by atoms with Gasteiger partial charge in [0.1, 0.15) is 0 Å². The minimum atomic E-state index is 0.669. The maximum Gasteiger partial charge on any atom is 0.156 e. The van der Waals surface area contributed by atoms with E-state index in [1.165, 1.54) is 6.42 Å². The number of aryl methyl sites for hydroxylation is 1. The van der Waals surface area contributed by atoms with E-state index in [0.717, 1.165) is 37.1 Å². The number of aromatic nitrogens is 3. The van der Waals surface area contributed by atoms with Gasteiger partial charge in [-0.3, -0.25) is 9.67 Å². The molecule has 1 aliphatic heterocycles. The predicted octanol–water partition coefficient (Wildman–Crippen LogP) is 1.78. The molecule has 0 amide bonds. The second-order valence-corrected chi connectivity index (χ2v) is 6.25. The fourth-order valence-corrected chi connectivity index (χ4v) is 3.23. The van der Waals surface area contributed by atoms with Gasteiger partial charge in [-0.25, -0.2) is 0 Å². The highest BCUT2D eigenvalue weighted by Gasteiger charge is 2.19. The van der Waals surface area contributed by atoms with E-state index in [9.17, 15) is 0 Å². The van der Waals surface area contributed by atoms with E-state index in [4.69, 9.17) is 0 Å². The molecular formula is C12H21N5S. The topological polar surface area (TPSA) is 55.1 Å². The quantitative estimate of drug-likeness (QED) is 0.798. The summed E-state index contributed by atoms with van der Waals surface area (Å²) in [6.07, 6.45) is 5.89. The van der Waals surface area contributed by atoms with Crippen LogP contribution < -0.4 is 5.32 Å². The molecule has 1 aromatic heterocycles. The first-order chi connectivity index (χ1) is 8.74. The third kappa shape index (κ3) is 4.33. The number of hydrogen-bond donors (Lipinski definition) is 1. The van der Waals surface area contributed by atoms with Gasteiger partial charge in [-0.05, 0) is 18.8 Å². The summed E-state index contributed by atoms with van der Waals surface area (Å²) < 4.78 is 1.85. The van der Waals surface area contributed by atoms with Gasteiger partial charge in [0.05, 0.1) is 12.7 Å². The molecule has 0 radical (unpaired) electrons. The van der Waals surface area contributed by atoms with Crippen LogP contribution in [0.3, 0.4) is 0 Å². The van der Waals surface area contributed by atoms with Crippen LogP contribution in [0.25, 0.3) is 0 Å². The number of thioether (sulfide) groups is 1. The fourth-order valence-electron chi connectivity index (χ4n) is 1.95. The molecular weight excluding hydrogens is 246 g/mol. The molecule has 1 N–H and O–H groups in total. The van der Waals surface area contributed by atoms with Crippen molar-refractivity contribution >= 4 is 16.9 Å². The molecule has 1 aromatic rings. The van der Waals surface area contributed by atoms with E-state index in [-0.39, 0.29) is 0 Å². The summed E-state index contributed by atoms with van der Waals surface area (Å²) in [4.78, 5) is 4.54. The van der Waals surface area contributed by atoms with Gasteiger partial charge in [0, 0.05) is 24.5 Å². The molecule has 18 heavy (non-hydrogen) atoms. The van der Waals surface area contributed by atoms with Gasteiger partial charge < -0.3 is 5.32 Å². The maximum absolute atomic E-state index is 4.54. The van der Waals surface area contributed by atoms with Crippen LogP contribution in [-0.2, 0) is 6.54 Å². The SMILES string of the molecule is CC(C)CC1CN=C(NCCCn2ccnn2)S1. The lowest BCUT2D eigenvalue weighted by atomic mass is 10.1.